The fraction of sp³-hybridized carbons (Fsp3) is 0.500. The zero-order chi connectivity index (χ0) is 13.4. The van der Waals surface area contributed by atoms with Gasteiger partial charge in [-0.3, -0.25) is 4.79 Å². The highest BCUT2D eigenvalue weighted by Crippen LogP contribution is 2.10. The molecule has 0 aliphatic carbocycles. The second-order valence-corrected chi connectivity index (χ2v) is 4.35. The van der Waals surface area contributed by atoms with Gasteiger partial charge in [-0.05, 0) is 25.5 Å². The van der Waals surface area contributed by atoms with Crippen LogP contribution in [0.15, 0.2) is 24.3 Å². The molecule has 4 nitrogen and oxygen atoms in total. The van der Waals surface area contributed by atoms with Gasteiger partial charge in [0.1, 0.15) is 12.4 Å². The Morgan fingerprint density at radius 2 is 2.06 bits per heavy atom. The van der Waals surface area contributed by atoms with Gasteiger partial charge in [0.15, 0.2) is 0 Å². The molecule has 1 aromatic carbocycles. The summed E-state index contributed by atoms with van der Waals surface area (Å²) in [6.45, 7) is 4.96. The van der Waals surface area contributed by atoms with Crippen molar-refractivity contribution in [2.45, 2.75) is 32.7 Å². The maximum atomic E-state index is 11.5. The second kappa shape index (κ2) is 7.71. The molecule has 1 atom stereocenters. The highest BCUT2D eigenvalue weighted by atomic mass is 16.5. The molecular weight excluding hydrogens is 228 g/mol. The Labute approximate surface area is 109 Å². The summed E-state index contributed by atoms with van der Waals surface area (Å²) in [5, 5.41) is 2.76. The molecule has 100 valence electrons. The van der Waals surface area contributed by atoms with Crippen LogP contribution in [0.1, 0.15) is 25.3 Å². The van der Waals surface area contributed by atoms with Gasteiger partial charge >= 0.3 is 0 Å². The first-order valence-corrected chi connectivity index (χ1v) is 6.36. The van der Waals surface area contributed by atoms with Crippen LogP contribution in [0.2, 0.25) is 0 Å². The van der Waals surface area contributed by atoms with Crippen molar-refractivity contribution in [3.8, 4) is 5.75 Å². The lowest BCUT2D eigenvalue weighted by Gasteiger charge is -2.11. The first-order valence-electron chi connectivity index (χ1n) is 6.36. The lowest BCUT2D eigenvalue weighted by molar-refractivity contribution is -0.122. The van der Waals surface area contributed by atoms with E-state index >= 15 is 0 Å². The Morgan fingerprint density at radius 3 is 2.67 bits per heavy atom. The summed E-state index contributed by atoms with van der Waals surface area (Å²) < 4.78 is 5.50. The van der Waals surface area contributed by atoms with Crippen LogP contribution in [0, 0.1) is 6.92 Å². The number of aryl methyl sites for hydroxylation is 1. The fourth-order valence-electron chi connectivity index (χ4n) is 1.55. The van der Waals surface area contributed by atoms with Gasteiger partial charge in [-0.1, -0.05) is 31.0 Å². The molecule has 0 heterocycles. The molecule has 1 rings (SSSR count). The predicted molar refractivity (Wildman–Crippen MR) is 72.6 cm³/mol. The second-order valence-electron chi connectivity index (χ2n) is 4.35. The quantitative estimate of drug-likeness (QED) is 0.723. The van der Waals surface area contributed by atoms with Gasteiger partial charge in [-0.2, -0.15) is 0 Å². The summed E-state index contributed by atoms with van der Waals surface area (Å²) in [6.07, 6.45) is 1.62. The molecule has 0 aromatic heterocycles. The van der Waals surface area contributed by atoms with Gasteiger partial charge in [0.05, 0.1) is 12.6 Å². The molecule has 3 N–H and O–H groups in total. The average Bonchev–Trinajstić information content (AvgIpc) is 2.36. The largest absolute Gasteiger partial charge is 0.492 e. The average molecular weight is 250 g/mol. The van der Waals surface area contributed by atoms with Gasteiger partial charge in [0.2, 0.25) is 5.91 Å². The van der Waals surface area contributed by atoms with E-state index in [0.717, 1.165) is 12.2 Å². The number of benzene rings is 1. The summed E-state index contributed by atoms with van der Waals surface area (Å²) in [5.74, 6) is 0.706. The highest BCUT2D eigenvalue weighted by molar-refractivity contribution is 5.81. The fourth-order valence-corrected chi connectivity index (χ4v) is 1.55. The Hall–Kier alpha value is -1.55. The van der Waals surface area contributed by atoms with E-state index in [9.17, 15) is 4.79 Å². The molecule has 0 radical (unpaired) electrons. The zero-order valence-corrected chi connectivity index (χ0v) is 11.1. The molecule has 0 aliphatic rings. The summed E-state index contributed by atoms with van der Waals surface area (Å²) >= 11 is 0. The van der Waals surface area contributed by atoms with Crippen molar-refractivity contribution in [2.75, 3.05) is 13.2 Å². The number of amides is 1. The number of carbonyl (C=O) groups excluding carboxylic acids is 1. The van der Waals surface area contributed by atoms with Crippen molar-refractivity contribution in [2.24, 2.45) is 5.73 Å². The molecular formula is C14H22N2O2. The highest BCUT2D eigenvalue weighted by Gasteiger charge is 2.10. The lowest BCUT2D eigenvalue weighted by atomic mass is 10.2. The van der Waals surface area contributed by atoms with Gasteiger partial charge in [0, 0.05) is 0 Å². The number of nitrogens with one attached hydrogen (secondary N) is 1. The third kappa shape index (κ3) is 5.19. The normalized spacial score (nSPS) is 11.9. The zero-order valence-electron chi connectivity index (χ0n) is 11.1. The smallest absolute Gasteiger partial charge is 0.237 e. The van der Waals surface area contributed by atoms with E-state index in [1.165, 1.54) is 5.56 Å². The topological polar surface area (TPSA) is 64.4 Å². The van der Waals surface area contributed by atoms with Crippen molar-refractivity contribution in [3.63, 3.8) is 0 Å². The van der Waals surface area contributed by atoms with Crippen molar-refractivity contribution >= 4 is 5.91 Å². The van der Waals surface area contributed by atoms with Crippen molar-refractivity contribution in [3.05, 3.63) is 29.8 Å². The van der Waals surface area contributed by atoms with Crippen LogP contribution >= 0.6 is 0 Å². The predicted octanol–water partition coefficient (Wildman–Crippen LogP) is 1.62. The monoisotopic (exact) mass is 250 g/mol. The SMILES string of the molecule is CCCC(N)C(=O)NCCOc1ccc(C)cc1. The van der Waals surface area contributed by atoms with Crippen LogP contribution < -0.4 is 15.8 Å². The molecule has 0 saturated carbocycles. The molecule has 18 heavy (non-hydrogen) atoms. The number of rotatable bonds is 7. The molecule has 1 aromatic rings. The Kier molecular flexibility index (Phi) is 6.22. The molecule has 0 aliphatic heterocycles. The molecule has 0 bridgehead atoms. The minimum absolute atomic E-state index is 0.107. The Bertz CT molecular complexity index is 363. The summed E-state index contributed by atoms with van der Waals surface area (Å²) in [5.41, 5.74) is 6.88. The molecule has 1 unspecified atom stereocenters. The number of nitrogens with two attached hydrogens (primary N) is 1. The molecule has 0 saturated heterocycles. The minimum atomic E-state index is -0.408. The first-order chi connectivity index (χ1) is 8.63. The van der Waals surface area contributed by atoms with Crippen LogP contribution in [0.5, 0.6) is 5.75 Å². The third-order valence-corrected chi connectivity index (χ3v) is 2.63. The van der Waals surface area contributed by atoms with Crippen molar-refractivity contribution in [1.29, 1.82) is 0 Å². The number of hydrogen-bond acceptors (Lipinski definition) is 3. The van der Waals surface area contributed by atoms with E-state index in [4.69, 9.17) is 10.5 Å². The molecule has 0 fully saturated rings. The Morgan fingerprint density at radius 1 is 1.39 bits per heavy atom. The van der Waals surface area contributed by atoms with Gasteiger partial charge in [-0.25, -0.2) is 0 Å². The summed E-state index contributed by atoms with van der Waals surface area (Å²) in [7, 11) is 0. The van der Waals surface area contributed by atoms with Gasteiger partial charge in [0.25, 0.3) is 0 Å². The van der Waals surface area contributed by atoms with Gasteiger partial charge < -0.3 is 15.8 Å². The molecule has 1 amide bonds. The van der Waals surface area contributed by atoms with E-state index in [2.05, 4.69) is 5.32 Å². The van der Waals surface area contributed by atoms with E-state index in [1.54, 1.807) is 0 Å². The third-order valence-electron chi connectivity index (χ3n) is 2.63. The van der Waals surface area contributed by atoms with Crippen LogP contribution in [0.4, 0.5) is 0 Å². The summed E-state index contributed by atoms with van der Waals surface area (Å²) in [4.78, 5) is 11.5. The van der Waals surface area contributed by atoms with E-state index in [1.807, 2.05) is 38.1 Å². The van der Waals surface area contributed by atoms with E-state index in [0.29, 0.717) is 19.6 Å². The molecule has 0 spiro atoms. The van der Waals surface area contributed by atoms with E-state index < -0.39 is 6.04 Å². The summed E-state index contributed by atoms with van der Waals surface area (Å²) in [6, 6.07) is 7.41. The maximum Gasteiger partial charge on any atom is 0.237 e. The first kappa shape index (κ1) is 14.5. The minimum Gasteiger partial charge on any atom is -0.492 e. The van der Waals surface area contributed by atoms with Crippen LogP contribution in [0.25, 0.3) is 0 Å². The molecule has 4 heteroatoms. The standard InChI is InChI=1S/C14H22N2O2/c1-3-4-13(15)14(17)16-9-10-18-12-7-5-11(2)6-8-12/h5-8,13H,3-4,9-10,15H2,1-2H3,(H,16,17). The lowest BCUT2D eigenvalue weighted by Crippen LogP contribution is -2.41. The maximum absolute atomic E-state index is 11.5. The van der Waals surface area contributed by atoms with Crippen molar-refractivity contribution < 1.29 is 9.53 Å². The van der Waals surface area contributed by atoms with E-state index in [-0.39, 0.29) is 5.91 Å². The Balaban J connectivity index is 2.18. The number of carbonyl (C=O) groups is 1. The number of hydrogen-bond donors (Lipinski definition) is 2. The van der Waals surface area contributed by atoms with Crippen molar-refractivity contribution in [1.82, 2.24) is 5.32 Å². The van der Waals surface area contributed by atoms with Crippen LogP contribution in [-0.2, 0) is 4.79 Å². The van der Waals surface area contributed by atoms with Gasteiger partial charge in [-0.15, -0.1) is 0 Å². The van der Waals surface area contributed by atoms with Crippen LogP contribution in [0.3, 0.4) is 0 Å². The number of ether oxygens (including phenoxy) is 1. The van der Waals surface area contributed by atoms with Crippen LogP contribution in [-0.4, -0.2) is 25.1 Å².